The Bertz CT molecular complexity index is 537. The van der Waals surface area contributed by atoms with Crippen LogP contribution in [0.3, 0.4) is 0 Å². The number of carbonyl (C=O) groups is 2. The molecular formula is C12H12FNO4. The fraction of sp³-hybridized carbons (Fsp3) is 0.167. The summed E-state index contributed by atoms with van der Waals surface area (Å²) in [5, 5.41) is 20.0. The number of carboxylic acid groups (broad SMARTS) is 1. The first-order valence-electron chi connectivity index (χ1n) is 5.03. The molecule has 0 saturated heterocycles. The average Bonchev–Trinajstić information content (AvgIpc) is 2.31. The third-order valence-electron chi connectivity index (χ3n) is 2.43. The number of hydrogen-bond donors (Lipinski definition) is 3. The number of benzene rings is 1. The van der Waals surface area contributed by atoms with Gasteiger partial charge in [0.15, 0.2) is 11.6 Å². The molecule has 0 radical (unpaired) electrons. The van der Waals surface area contributed by atoms with E-state index in [1.54, 1.807) is 0 Å². The van der Waals surface area contributed by atoms with Crippen LogP contribution in [0.15, 0.2) is 29.3 Å². The van der Waals surface area contributed by atoms with Gasteiger partial charge in [0.2, 0.25) is 0 Å². The maximum Gasteiger partial charge on any atom is 0.331 e. The number of hydrogen-bond acceptors (Lipinski definition) is 3. The molecule has 0 fully saturated rings. The van der Waals surface area contributed by atoms with Crippen molar-refractivity contribution in [2.45, 2.75) is 13.8 Å². The van der Waals surface area contributed by atoms with Crippen LogP contribution in [0.2, 0.25) is 0 Å². The molecule has 0 saturated carbocycles. The second-order valence-corrected chi connectivity index (χ2v) is 3.68. The van der Waals surface area contributed by atoms with Crippen LogP contribution < -0.4 is 5.32 Å². The lowest BCUT2D eigenvalue weighted by Gasteiger charge is -2.07. The van der Waals surface area contributed by atoms with Crippen molar-refractivity contribution in [3.8, 4) is 5.75 Å². The monoisotopic (exact) mass is 253 g/mol. The van der Waals surface area contributed by atoms with E-state index in [4.69, 9.17) is 10.2 Å². The van der Waals surface area contributed by atoms with Crippen LogP contribution in [-0.2, 0) is 9.59 Å². The van der Waals surface area contributed by atoms with Crippen LogP contribution in [0.4, 0.5) is 10.1 Å². The first kappa shape index (κ1) is 13.7. The Morgan fingerprint density at radius 2 is 1.83 bits per heavy atom. The van der Waals surface area contributed by atoms with Gasteiger partial charge in [0.05, 0.1) is 0 Å². The van der Waals surface area contributed by atoms with Crippen LogP contribution in [0.25, 0.3) is 0 Å². The second-order valence-electron chi connectivity index (χ2n) is 3.68. The quantitative estimate of drug-likeness (QED) is 0.567. The molecule has 0 aliphatic carbocycles. The molecule has 18 heavy (non-hydrogen) atoms. The normalized spacial score (nSPS) is 11.7. The van der Waals surface area contributed by atoms with Crippen LogP contribution in [0.1, 0.15) is 13.8 Å². The third-order valence-corrected chi connectivity index (χ3v) is 2.43. The lowest BCUT2D eigenvalue weighted by Crippen LogP contribution is -2.16. The van der Waals surface area contributed by atoms with E-state index in [0.717, 1.165) is 12.1 Å². The molecule has 0 atom stereocenters. The number of aliphatic carboxylic acids is 1. The number of phenols is 1. The second kappa shape index (κ2) is 5.31. The van der Waals surface area contributed by atoms with Crippen molar-refractivity contribution >= 4 is 17.6 Å². The molecule has 5 nitrogen and oxygen atoms in total. The van der Waals surface area contributed by atoms with Crippen molar-refractivity contribution in [3.63, 3.8) is 0 Å². The first-order valence-corrected chi connectivity index (χ1v) is 5.03. The van der Waals surface area contributed by atoms with Gasteiger partial charge < -0.3 is 15.5 Å². The molecule has 0 bridgehead atoms. The van der Waals surface area contributed by atoms with E-state index in [1.165, 1.54) is 19.9 Å². The summed E-state index contributed by atoms with van der Waals surface area (Å²) in [4.78, 5) is 22.3. The number of rotatable bonds is 3. The first-order chi connectivity index (χ1) is 8.32. The highest BCUT2D eigenvalue weighted by Crippen LogP contribution is 2.20. The van der Waals surface area contributed by atoms with E-state index < -0.39 is 23.4 Å². The Morgan fingerprint density at radius 1 is 1.22 bits per heavy atom. The van der Waals surface area contributed by atoms with E-state index in [1.807, 2.05) is 0 Å². The minimum absolute atomic E-state index is 0.0241. The van der Waals surface area contributed by atoms with Crippen LogP contribution in [-0.4, -0.2) is 22.1 Å². The predicted molar refractivity (Wildman–Crippen MR) is 62.7 cm³/mol. The number of anilines is 1. The van der Waals surface area contributed by atoms with Gasteiger partial charge in [-0.1, -0.05) is 0 Å². The van der Waals surface area contributed by atoms with E-state index in [0.29, 0.717) is 0 Å². The predicted octanol–water partition coefficient (Wildman–Crippen LogP) is 1.89. The lowest BCUT2D eigenvalue weighted by atomic mass is 10.1. The largest absolute Gasteiger partial charge is 0.505 e. The summed E-state index contributed by atoms with van der Waals surface area (Å²) in [6, 6.07) is 3.34. The van der Waals surface area contributed by atoms with E-state index >= 15 is 0 Å². The molecule has 3 N–H and O–H groups in total. The van der Waals surface area contributed by atoms with Crippen molar-refractivity contribution in [2.24, 2.45) is 0 Å². The average molecular weight is 253 g/mol. The molecule has 0 aliphatic rings. The van der Waals surface area contributed by atoms with E-state index in [-0.39, 0.29) is 16.8 Å². The minimum atomic E-state index is -1.19. The van der Waals surface area contributed by atoms with Crippen molar-refractivity contribution in [3.05, 3.63) is 35.2 Å². The highest BCUT2D eigenvalue weighted by atomic mass is 19.1. The molecule has 1 aromatic carbocycles. The Labute approximate surface area is 103 Å². The minimum Gasteiger partial charge on any atom is -0.505 e. The lowest BCUT2D eigenvalue weighted by molar-refractivity contribution is -0.133. The SMILES string of the molecule is CC(C(=O)O)=C(C)C(=O)Nc1ccc(O)c(F)c1. The molecular weight excluding hydrogens is 241 g/mol. The smallest absolute Gasteiger partial charge is 0.331 e. The molecule has 96 valence electrons. The van der Waals surface area contributed by atoms with E-state index in [9.17, 15) is 14.0 Å². The molecule has 0 aromatic heterocycles. The number of amides is 1. The zero-order valence-electron chi connectivity index (χ0n) is 9.82. The summed E-state index contributed by atoms with van der Waals surface area (Å²) in [7, 11) is 0. The molecule has 0 spiro atoms. The van der Waals surface area contributed by atoms with Gasteiger partial charge in [0, 0.05) is 22.9 Å². The van der Waals surface area contributed by atoms with Gasteiger partial charge in [-0.3, -0.25) is 4.79 Å². The summed E-state index contributed by atoms with van der Waals surface area (Å²) in [5.41, 5.74) is 0.0653. The number of nitrogens with one attached hydrogen (secondary N) is 1. The molecule has 0 aliphatic heterocycles. The zero-order chi connectivity index (χ0) is 13.9. The Balaban J connectivity index is 2.92. The zero-order valence-corrected chi connectivity index (χ0v) is 9.82. The summed E-state index contributed by atoms with van der Waals surface area (Å²) >= 11 is 0. The maximum absolute atomic E-state index is 13.0. The van der Waals surface area contributed by atoms with Crippen molar-refractivity contribution in [2.75, 3.05) is 5.32 Å². The molecule has 0 unspecified atom stereocenters. The van der Waals surface area contributed by atoms with Crippen LogP contribution in [0, 0.1) is 5.82 Å². The van der Waals surface area contributed by atoms with Crippen molar-refractivity contribution in [1.29, 1.82) is 0 Å². The summed E-state index contributed by atoms with van der Waals surface area (Å²) in [6.07, 6.45) is 0. The summed E-state index contributed by atoms with van der Waals surface area (Å²) in [6.45, 7) is 2.66. The summed E-state index contributed by atoms with van der Waals surface area (Å²) in [5.74, 6) is -3.23. The van der Waals surface area contributed by atoms with Crippen molar-refractivity contribution in [1.82, 2.24) is 0 Å². The van der Waals surface area contributed by atoms with Gasteiger partial charge in [0.1, 0.15) is 0 Å². The standard InChI is InChI=1S/C12H12FNO4/c1-6(7(2)12(17)18)11(16)14-8-3-4-10(15)9(13)5-8/h3-5,15H,1-2H3,(H,14,16)(H,17,18). The fourth-order valence-corrected chi connectivity index (χ4v) is 1.14. The summed E-state index contributed by atoms with van der Waals surface area (Å²) < 4.78 is 13.0. The highest BCUT2D eigenvalue weighted by molar-refractivity contribution is 6.08. The van der Waals surface area contributed by atoms with Crippen LogP contribution in [0.5, 0.6) is 5.75 Å². The Hall–Kier alpha value is -2.37. The van der Waals surface area contributed by atoms with Gasteiger partial charge in [-0.15, -0.1) is 0 Å². The Morgan fingerprint density at radius 3 is 2.33 bits per heavy atom. The third kappa shape index (κ3) is 3.07. The maximum atomic E-state index is 13.0. The van der Waals surface area contributed by atoms with Gasteiger partial charge >= 0.3 is 5.97 Å². The topological polar surface area (TPSA) is 86.6 Å². The number of carboxylic acids is 1. The number of halogens is 1. The Kier molecular flexibility index (Phi) is 4.04. The molecule has 1 amide bonds. The number of carbonyl (C=O) groups excluding carboxylic acids is 1. The molecule has 1 aromatic rings. The van der Waals surface area contributed by atoms with E-state index in [2.05, 4.69) is 5.32 Å². The molecule has 6 heteroatoms. The van der Waals surface area contributed by atoms with Gasteiger partial charge in [-0.2, -0.15) is 0 Å². The highest BCUT2D eigenvalue weighted by Gasteiger charge is 2.13. The molecule has 1 rings (SSSR count). The fourth-order valence-electron chi connectivity index (χ4n) is 1.14. The van der Waals surface area contributed by atoms with Crippen LogP contribution >= 0.6 is 0 Å². The van der Waals surface area contributed by atoms with Gasteiger partial charge in [-0.05, 0) is 26.0 Å². The van der Waals surface area contributed by atoms with Gasteiger partial charge in [-0.25, -0.2) is 9.18 Å². The van der Waals surface area contributed by atoms with Crippen molar-refractivity contribution < 1.29 is 24.2 Å². The molecule has 0 heterocycles. The van der Waals surface area contributed by atoms with Gasteiger partial charge in [0.25, 0.3) is 5.91 Å². The number of phenolic OH excluding ortho intramolecular Hbond substituents is 1. The number of aromatic hydroxyl groups is 1.